The summed E-state index contributed by atoms with van der Waals surface area (Å²) in [6, 6.07) is 14.3. The second-order valence-corrected chi connectivity index (χ2v) is 7.33. The minimum Gasteiger partial charge on any atom is -0.326 e. The molecule has 1 aliphatic heterocycles. The molecule has 1 heterocycles. The molecule has 7 heteroatoms. The predicted molar refractivity (Wildman–Crippen MR) is 97.2 cm³/mol. The number of nitrogens with one attached hydrogen (secondary N) is 2. The molecule has 130 valence electrons. The van der Waals surface area contributed by atoms with Gasteiger partial charge in [0, 0.05) is 17.7 Å². The molecular weight excluding hydrogens is 338 g/mol. The van der Waals surface area contributed by atoms with Crippen LogP contribution < -0.4 is 10.0 Å². The third-order valence-electron chi connectivity index (χ3n) is 3.92. The van der Waals surface area contributed by atoms with Crippen molar-refractivity contribution >= 4 is 27.5 Å². The topological polar surface area (TPSA) is 87.6 Å². The summed E-state index contributed by atoms with van der Waals surface area (Å²) in [6.07, 6.45) is 1.12. The van der Waals surface area contributed by atoms with E-state index < -0.39 is 10.0 Å². The Morgan fingerprint density at radius 1 is 1.12 bits per heavy atom. The van der Waals surface area contributed by atoms with E-state index in [1.807, 2.05) is 24.3 Å². The third-order valence-corrected chi connectivity index (χ3v) is 5.31. The van der Waals surface area contributed by atoms with E-state index in [-0.39, 0.29) is 29.6 Å². The summed E-state index contributed by atoms with van der Waals surface area (Å²) in [4.78, 5) is 16.4. The first-order chi connectivity index (χ1) is 12.0. The quantitative estimate of drug-likeness (QED) is 0.861. The van der Waals surface area contributed by atoms with Crippen molar-refractivity contribution in [1.29, 1.82) is 0 Å². The van der Waals surface area contributed by atoms with Crippen molar-refractivity contribution in [3.63, 3.8) is 0 Å². The van der Waals surface area contributed by atoms with Crippen LogP contribution in [0.15, 0.2) is 58.4 Å². The number of benzene rings is 2. The van der Waals surface area contributed by atoms with Crippen LogP contribution in [-0.2, 0) is 21.2 Å². The molecule has 0 aliphatic carbocycles. The number of fused-ring (bicyclic) bond motifs is 1. The zero-order valence-corrected chi connectivity index (χ0v) is 14.6. The minimum atomic E-state index is -3.54. The largest absolute Gasteiger partial charge is 0.326 e. The van der Waals surface area contributed by atoms with Crippen LogP contribution in [0.4, 0.5) is 5.69 Å². The number of sulfonamides is 1. The molecule has 0 bridgehead atoms. The van der Waals surface area contributed by atoms with E-state index in [1.54, 1.807) is 18.2 Å². The van der Waals surface area contributed by atoms with Crippen molar-refractivity contribution in [2.24, 2.45) is 4.99 Å². The van der Waals surface area contributed by atoms with Crippen molar-refractivity contribution in [1.82, 2.24) is 4.72 Å². The molecule has 3 rings (SSSR count). The number of aryl methyl sites for hydroxylation is 1. The Morgan fingerprint density at radius 2 is 1.84 bits per heavy atom. The summed E-state index contributed by atoms with van der Waals surface area (Å²) in [5.74, 6) is 0.124. The number of amidine groups is 1. The Bertz CT molecular complexity index is 919. The third kappa shape index (κ3) is 3.88. The standard InChI is InChI=1S/C18H19N3O3S/c1-2-13-7-9-14(10-8-13)20-17(22)11-12-19-18-15-5-3-4-6-16(15)25(23,24)21-18/h3-10H,2,11-12H2,1H3,(H,19,21)(H,20,22). The van der Waals surface area contributed by atoms with E-state index in [2.05, 4.69) is 22.0 Å². The van der Waals surface area contributed by atoms with Gasteiger partial charge in [-0.1, -0.05) is 31.2 Å². The number of hydrogen-bond donors (Lipinski definition) is 2. The second-order valence-electron chi connectivity index (χ2n) is 5.68. The Labute approximate surface area is 147 Å². The smallest absolute Gasteiger partial charge is 0.263 e. The van der Waals surface area contributed by atoms with Crippen LogP contribution in [0, 0.1) is 0 Å². The first-order valence-corrected chi connectivity index (χ1v) is 9.53. The van der Waals surface area contributed by atoms with Gasteiger partial charge in [0.2, 0.25) is 5.91 Å². The molecule has 0 aromatic heterocycles. The summed E-state index contributed by atoms with van der Waals surface area (Å²) in [5.41, 5.74) is 2.48. The van der Waals surface area contributed by atoms with Gasteiger partial charge in [-0.25, -0.2) is 8.42 Å². The first kappa shape index (κ1) is 17.2. The van der Waals surface area contributed by atoms with Gasteiger partial charge >= 0.3 is 0 Å². The minimum absolute atomic E-state index is 0.164. The van der Waals surface area contributed by atoms with Crippen molar-refractivity contribution < 1.29 is 13.2 Å². The van der Waals surface area contributed by atoms with Gasteiger partial charge in [-0.3, -0.25) is 14.5 Å². The molecule has 2 aromatic carbocycles. The van der Waals surface area contributed by atoms with E-state index >= 15 is 0 Å². The predicted octanol–water partition coefficient (Wildman–Crippen LogP) is 2.32. The van der Waals surface area contributed by atoms with Gasteiger partial charge in [-0.15, -0.1) is 0 Å². The van der Waals surface area contributed by atoms with Gasteiger partial charge in [0.15, 0.2) is 0 Å². The highest BCUT2D eigenvalue weighted by atomic mass is 32.2. The number of carbonyl (C=O) groups is 1. The van der Waals surface area contributed by atoms with Crippen molar-refractivity contribution in [3.8, 4) is 0 Å². The number of hydrogen-bond acceptors (Lipinski definition) is 4. The molecule has 1 amide bonds. The maximum atomic E-state index is 12.0. The lowest BCUT2D eigenvalue weighted by Crippen LogP contribution is -2.23. The number of amides is 1. The molecule has 2 N–H and O–H groups in total. The van der Waals surface area contributed by atoms with Gasteiger partial charge in [-0.2, -0.15) is 0 Å². The van der Waals surface area contributed by atoms with Crippen LogP contribution in [0.1, 0.15) is 24.5 Å². The van der Waals surface area contributed by atoms with Crippen molar-refractivity contribution in [3.05, 3.63) is 59.7 Å². The van der Waals surface area contributed by atoms with E-state index in [0.29, 0.717) is 5.56 Å². The van der Waals surface area contributed by atoms with Gasteiger partial charge in [0.25, 0.3) is 10.0 Å². The number of carbonyl (C=O) groups excluding carboxylic acids is 1. The fraction of sp³-hybridized carbons (Fsp3) is 0.222. The molecule has 0 atom stereocenters. The lowest BCUT2D eigenvalue weighted by atomic mass is 10.1. The second kappa shape index (κ2) is 7.06. The van der Waals surface area contributed by atoms with E-state index in [4.69, 9.17) is 0 Å². The van der Waals surface area contributed by atoms with Gasteiger partial charge < -0.3 is 5.32 Å². The number of nitrogens with zero attached hydrogens (tertiary/aromatic N) is 1. The molecule has 0 radical (unpaired) electrons. The fourth-order valence-corrected chi connectivity index (χ4v) is 3.82. The van der Waals surface area contributed by atoms with E-state index in [0.717, 1.165) is 12.1 Å². The molecule has 0 saturated heterocycles. The van der Waals surface area contributed by atoms with Crippen molar-refractivity contribution in [2.75, 3.05) is 11.9 Å². The summed E-state index contributed by atoms with van der Waals surface area (Å²) >= 11 is 0. The Morgan fingerprint density at radius 3 is 2.56 bits per heavy atom. The average Bonchev–Trinajstić information content (AvgIpc) is 2.87. The van der Waals surface area contributed by atoms with Crippen LogP contribution in [0.25, 0.3) is 0 Å². The maximum absolute atomic E-state index is 12.0. The molecule has 0 fully saturated rings. The number of aliphatic imine (C=N–C) groups is 1. The molecule has 2 aromatic rings. The summed E-state index contributed by atoms with van der Waals surface area (Å²) < 4.78 is 26.4. The maximum Gasteiger partial charge on any atom is 0.263 e. The summed E-state index contributed by atoms with van der Waals surface area (Å²) in [5, 5.41) is 2.81. The monoisotopic (exact) mass is 357 g/mol. The highest BCUT2D eigenvalue weighted by Gasteiger charge is 2.29. The number of anilines is 1. The summed E-state index contributed by atoms with van der Waals surface area (Å²) in [7, 11) is -3.54. The molecule has 25 heavy (non-hydrogen) atoms. The Balaban J connectivity index is 1.61. The van der Waals surface area contributed by atoms with E-state index in [1.165, 1.54) is 11.6 Å². The van der Waals surface area contributed by atoms with Crippen LogP contribution in [0.3, 0.4) is 0 Å². The zero-order chi connectivity index (χ0) is 17.9. The molecule has 0 spiro atoms. The van der Waals surface area contributed by atoms with Crippen LogP contribution in [-0.4, -0.2) is 26.7 Å². The fourth-order valence-electron chi connectivity index (χ4n) is 2.57. The average molecular weight is 357 g/mol. The first-order valence-electron chi connectivity index (χ1n) is 8.05. The lowest BCUT2D eigenvalue weighted by Gasteiger charge is -2.05. The molecular formula is C18H19N3O3S. The SMILES string of the molecule is CCc1ccc(NC(=O)CCN=C2NS(=O)(=O)c3ccccc32)cc1. The molecule has 0 saturated carbocycles. The van der Waals surface area contributed by atoms with Crippen LogP contribution in [0.2, 0.25) is 0 Å². The van der Waals surface area contributed by atoms with Crippen LogP contribution in [0.5, 0.6) is 0 Å². The molecule has 1 aliphatic rings. The zero-order valence-electron chi connectivity index (χ0n) is 13.8. The van der Waals surface area contributed by atoms with Crippen LogP contribution >= 0.6 is 0 Å². The van der Waals surface area contributed by atoms with Crippen molar-refractivity contribution in [2.45, 2.75) is 24.7 Å². The highest BCUT2D eigenvalue weighted by molar-refractivity contribution is 7.90. The van der Waals surface area contributed by atoms with Gasteiger partial charge in [-0.05, 0) is 36.2 Å². The highest BCUT2D eigenvalue weighted by Crippen LogP contribution is 2.22. The van der Waals surface area contributed by atoms with E-state index in [9.17, 15) is 13.2 Å². The normalized spacial score (nSPS) is 16.3. The Kier molecular flexibility index (Phi) is 4.85. The van der Waals surface area contributed by atoms with Gasteiger partial charge in [0.1, 0.15) is 5.84 Å². The van der Waals surface area contributed by atoms with Gasteiger partial charge in [0.05, 0.1) is 11.4 Å². The molecule has 6 nitrogen and oxygen atoms in total. The summed E-state index contributed by atoms with van der Waals surface area (Å²) in [6.45, 7) is 2.27. The number of rotatable bonds is 5. The lowest BCUT2D eigenvalue weighted by molar-refractivity contribution is -0.116. The Hall–Kier alpha value is -2.67. The molecule has 0 unspecified atom stereocenters.